The van der Waals surface area contributed by atoms with Gasteiger partial charge < -0.3 is 4.74 Å². The summed E-state index contributed by atoms with van der Waals surface area (Å²) in [6.45, 7) is 2.09. The number of benzene rings is 2. The fourth-order valence-electron chi connectivity index (χ4n) is 1.71. The number of carbonyl (C=O) groups is 1. The molecular formula is C15H13FO2. The van der Waals surface area contributed by atoms with Gasteiger partial charge in [-0.1, -0.05) is 24.3 Å². The van der Waals surface area contributed by atoms with E-state index in [0.717, 1.165) is 11.1 Å². The normalized spacial score (nSPS) is 10.1. The number of carbonyl (C=O) groups excluding carboxylic acids is 1. The van der Waals surface area contributed by atoms with Crippen molar-refractivity contribution in [2.24, 2.45) is 0 Å². The average Bonchev–Trinajstić information content (AvgIpc) is 2.39. The Kier molecular flexibility index (Phi) is 3.72. The molecule has 0 atom stereocenters. The molecule has 0 saturated heterocycles. The molecule has 0 heterocycles. The predicted molar refractivity (Wildman–Crippen MR) is 67.8 cm³/mol. The van der Waals surface area contributed by atoms with Crippen molar-refractivity contribution in [3.8, 4) is 11.1 Å². The van der Waals surface area contributed by atoms with Crippen molar-refractivity contribution in [3.05, 3.63) is 59.9 Å². The molecule has 0 amide bonds. The second-order valence-corrected chi connectivity index (χ2v) is 3.81. The van der Waals surface area contributed by atoms with E-state index >= 15 is 0 Å². The van der Waals surface area contributed by atoms with Gasteiger partial charge in [-0.05, 0) is 42.3 Å². The first-order chi connectivity index (χ1) is 8.70. The summed E-state index contributed by atoms with van der Waals surface area (Å²) in [7, 11) is 0. The summed E-state index contributed by atoms with van der Waals surface area (Å²) in [5, 5.41) is 0. The van der Waals surface area contributed by atoms with Crippen molar-refractivity contribution in [1.82, 2.24) is 0 Å². The maximum absolute atomic E-state index is 13.1. The molecule has 0 aliphatic carbocycles. The summed E-state index contributed by atoms with van der Waals surface area (Å²) >= 11 is 0. The molecule has 2 aromatic carbocycles. The molecule has 0 radical (unpaired) electrons. The van der Waals surface area contributed by atoms with Gasteiger partial charge in [0.2, 0.25) is 0 Å². The van der Waals surface area contributed by atoms with Crippen LogP contribution in [0.3, 0.4) is 0 Å². The molecule has 0 aromatic heterocycles. The van der Waals surface area contributed by atoms with E-state index < -0.39 is 0 Å². The number of rotatable bonds is 3. The smallest absolute Gasteiger partial charge is 0.338 e. The van der Waals surface area contributed by atoms with Crippen LogP contribution in [-0.4, -0.2) is 12.6 Å². The van der Waals surface area contributed by atoms with E-state index in [4.69, 9.17) is 4.74 Å². The third-order valence-corrected chi connectivity index (χ3v) is 2.53. The lowest BCUT2D eigenvalue weighted by Gasteiger charge is -2.05. The first-order valence-electron chi connectivity index (χ1n) is 5.74. The first-order valence-corrected chi connectivity index (χ1v) is 5.74. The van der Waals surface area contributed by atoms with E-state index in [2.05, 4.69) is 0 Å². The minimum atomic E-state index is -0.365. The zero-order valence-electron chi connectivity index (χ0n) is 10.0. The van der Waals surface area contributed by atoms with E-state index in [-0.39, 0.29) is 11.8 Å². The van der Waals surface area contributed by atoms with Crippen molar-refractivity contribution in [3.63, 3.8) is 0 Å². The van der Waals surface area contributed by atoms with Crippen LogP contribution in [0.4, 0.5) is 4.39 Å². The van der Waals surface area contributed by atoms with Gasteiger partial charge in [-0.3, -0.25) is 0 Å². The van der Waals surface area contributed by atoms with Crippen LogP contribution in [-0.2, 0) is 4.74 Å². The van der Waals surface area contributed by atoms with Gasteiger partial charge in [-0.2, -0.15) is 0 Å². The van der Waals surface area contributed by atoms with Crippen LogP contribution in [0.1, 0.15) is 17.3 Å². The highest BCUT2D eigenvalue weighted by Crippen LogP contribution is 2.21. The Morgan fingerprint density at radius 1 is 1.11 bits per heavy atom. The van der Waals surface area contributed by atoms with Gasteiger partial charge in [0, 0.05) is 0 Å². The Labute approximate surface area is 105 Å². The van der Waals surface area contributed by atoms with Gasteiger partial charge in [-0.25, -0.2) is 9.18 Å². The third-order valence-electron chi connectivity index (χ3n) is 2.53. The molecule has 18 heavy (non-hydrogen) atoms. The predicted octanol–water partition coefficient (Wildman–Crippen LogP) is 3.67. The number of esters is 1. The standard InChI is InChI=1S/C15H13FO2/c1-2-18-15(17)13-7-3-5-11(9-13)12-6-4-8-14(16)10-12/h3-10H,2H2,1H3. The highest BCUT2D eigenvalue weighted by atomic mass is 19.1. The Bertz CT molecular complexity index is 564. The van der Waals surface area contributed by atoms with Gasteiger partial charge >= 0.3 is 5.97 Å². The van der Waals surface area contributed by atoms with Crippen LogP contribution in [0.25, 0.3) is 11.1 Å². The molecule has 2 aromatic rings. The zero-order valence-corrected chi connectivity index (χ0v) is 10.0. The molecule has 0 aliphatic rings. The third kappa shape index (κ3) is 2.74. The summed E-state index contributed by atoms with van der Waals surface area (Å²) in [4.78, 5) is 11.6. The van der Waals surface area contributed by atoms with E-state index in [0.29, 0.717) is 12.2 Å². The molecule has 0 bridgehead atoms. The van der Waals surface area contributed by atoms with Crippen LogP contribution in [0.5, 0.6) is 0 Å². The van der Waals surface area contributed by atoms with Gasteiger partial charge in [-0.15, -0.1) is 0 Å². The molecule has 2 nitrogen and oxygen atoms in total. The quantitative estimate of drug-likeness (QED) is 0.770. The van der Waals surface area contributed by atoms with Crippen LogP contribution in [0.2, 0.25) is 0 Å². The Morgan fingerprint density at radius 3 is 2.44 bits per heavy atom. The van der Waals surface area contributed by atoms with Crippen LogP contribution in [0.15, 0.2) is 48.5 Å². The molecular weight excluding hydrogens is 231 g/mol. The highest BCUT2D eigenvalue weighted by molar-refractivity contribution is 5.91. The summed E-state index contributed by atoms with van der Waals surface area (Å²) in [6, 6.07) is 13.2. The van der Waals surface area contributed by atoms with Gasteiger partial charge in [0.05, 0.1) is 12.2 Å². The Balaban J connectivity index is 2.35. The molecule has 0 aliphatic heterocycles. The van der Waals surface area contributed by atoms with Crippen molar-refractivity contribution < 1.29 is 13.9 Å². The summed E-state index contributed by atoms with van der Waals surface area (Å²) in [5.41, 5.74) is 2.00. The molecule has 92 valence electrons. The Morgan fingerprint density at radius 2 is 1.78 bits per heavy atom. The number of hydrogen-bond donors (Lipinski definition) is 0. The fraction of sp³-hybridized carbons (Fsp3) is 0.133. The lowest BCUT2D eigenvalue weighted by molar-refractivity contribution is 0.0526. The largest absolute Gasteiger partial charge is 0.462 e. The fourth-order valence-corrected chi connectivity index (χ4v) is 1.71. The van der Waals surface area contributed by atoms with Gasteiger partial charge in [0.25, 0.3) is 0 Å². The molecule has 0 spiro atoms. The summed E-state index contributed by atoms with van der Waals surface area (Å²) in [5.74, 6) is -0.662. The van der Waals surface area contributed by atoms with Crippen molar-refractivity contribution >= 4 is 5.97 Å². The summed E-state index contributed by atoms with van der Waals surface area (Å²) < 4.78 is 18.1. The van der Waals surface area contributed by atoms with Gasteiger partial charge in [0.15, 0.2) is 0 Å². The molecule has 0 fully saturated rings. The molecule has 0 unspecified atom stereocenters. The maximum atomic E-state index is 13.1. The first kappa shape index (κ1) is 12.3. The highest BCUT2D eigenvalue weighted by Gasteiger charge is 2.07. The van der Waals surface area contributed by atoms with E-state index in [1.54, 1.807) is 37.3 Å². The van der Waals surface area contributed by atoms with Crippen LogP contribution in [0, 0.1) is 5.82 Å². The minimum absolute atomic E-state index is 0.297. The van der Waals surface area contributed by atoms with Gasteiger partial charge in [0.1, 0.15) is 5.82 Å². The monoisotopic (exact) mass is 244 g/mol. The molecule has 3 heteroatoms. The second kappa shape index (κ2) is 5.45. The zero-order chi connectivity index (χ0) is 13.0. The van der Waals surface area contributed by atoms with Crippen molar-refractivity contribution in [1.29, 1.82) is 0 Å². The van der Waals surface area contributed by atoms with Crippen LogP contribution < -0.4 is 0 Å². The minimum Gasteiger partial charge on any atom is -0.462 e. The number of ether oxygens (including phenoxy) is 1. The second-order valence-electron chi connectivity index (χ2n) is 3.81. The molecule has 0 N–H and O–H groups in total. The van der Waals surface area contributed by atoms with E-state index in [1.165, 1.54) is 12.1 Å². The van der Waals surface area contributed by atoms with Crippen molar-refractivity contribution in [2.45, 2.75) is 6.92 Å². The lowest BCUT2D eigenvalue weighted by atomic mass is 10.0. The number of hydrogen-bond acceptors (Lipinski definition) is 2. The van der Waals surface area contributed by atoms with E-state index in [9.17, 15) is 9.18 Å². The average molecular weight is 244 g/mol. The number of halogens is 1. The topological polar surface area (TPSA) is 26.3 Å². The maximum Gasteiger partial charge on any atom is 0.338 e. The lowest BCUT2D eigenvalue weighted by Crippen LogP contribution is -2.04. The van der Waals surface area contributed by atoms with Crippen LogP contribution >= 0.6 is 0 Å². The summed E-state index contributed by atoms with van der Waals surface area (Å²) in [6.07, 6.45) is 0. The van der Waals surface area contributed by atoms with E-state index in [1.807, 2.05) is 6.07 Å². The molecule has 0 saturated carbocycles. The Hall–Kier alpha value is -2.16. The molecule has 2 rings (SSSR count). The van der Waals surface area contributed by atoms with Crippen molar-refractivity contribution in [2.75, 3.05) is 6.61 Å². The SMILES string of the molecule is CCOC(=O)c1cccc(-c2cccc(F)c2)c1.